The molecule has 0 saturated carbocycles. The molecule has 0 aliphatic rings. The minimum atomic E-state index is -0.221. The van der Waals surface area contributed by atoms with Crippen molar-refractivity contribution >= 4 is 5.91 Å². The first-order valence-corrected chi connectivity index (χ1v) is 6.34. The molecule has 0 spiro atoms. The minimum Gasteiger partial charge on any atom is -0.490 e. The highest BCUT2D eigenvalue weighted by molar-refractivity contribution is 5.95. The van der Waals surface area contributed by atoms with Gasteiger partial charge in [-0.05, 0) is 31.5 Å². The molecule has 0 aliphatic carbocycles. The predicted octanol–water partition coefficient (Wildman–Crippen LogP) is 2.24. The van der Waals surface area contributed by atoms with E-state index in [4.69, 9.17) is 15.9 Å². The summed E-state index contributed by atoms with van der Waals surface area (Å²) in [4.78, 5) is 11.8. The Kier molecular flexibility index (Phi) is 6.31. The van der Waals surface area contributed by atoms with E-state index < -0.39 is 0 Å². The Morgan fingerprint density at radius 3 is 2.74 bits per heavy atom. The minimum absolute atomic E-state index is 0.205. The van der Waals surface area contributed by atoms with Gasteiger partial charge in [0.1, 0.15) is 0 Å². The number of hydrogen-bond acceptors (Lipinski definition) is 3. The lowest BCUT2D eigenvalue weighted by Gasteiger charge is -2.12. The van der Waals surface area contributed by atoms with Crippen molar-refractivity contribution in [1.29, 1.82) is 0 Å². The standard InChI is InChI=1S/C15H19NO3/c1-4-9-16-15(17)12-7-8-13(19-10-5-2)14(11-12)18-6-3/h1,7-8,11H,5-6,9-10H2,2-3H3,(H,16,17). The number of nitrogens with one attached hydrogen (secondary N) is 1. The van der Waals surface area contributed by atoms with Crippen molar-refractivity contribution in [3.8, 4) is 23.8 Å². The summed E-state index contributed by atoms with van der Waals surface area (Å²) in [6.45, 7) is 5.24. The lowest BCUT2D eigenvalue weighted by atomic mass is 10.2. The summed E-state index contributed by atoms with van der Waals surface area (Å²) in [5.74, 6) is 3.36. The smallest absolute Gasteiger partial charge is 0.252 e. The second kappa shape index (κ2) is 8.04. The first-order valence-electron chi connectivity index (χ1n) is 6.34. The fraction of sp³-hybridized carbons (Fsp3) is 0.400. The normalized spacial score (nSPS) is 9.53. The first kappa shape index (κ1) is 14.9. The van der Waals surface area contributed by atoms with Gasteiger partial charge in [0.15, 0.2) is 11.5 Å². The maximum Gasteiger partial charge on any atom is 0.252 e. The van der Waals surface area contributed by atoms with Gasteiger partial charge in [0.05, 0.1) is 19.8 Å². The van der Waals surface area contributed by atoms with Crippen molar-refractivity contribution in [2.75, 3.05) is 19.8 Å². The van der Waals surface area contributed by atoms with E-state index >= 15 is 0 Å². The third-order valence-electron chi connectivity index (χ3n) is 2.32. The van der Waals surface area contributed by atoms with Crippen LogP contribution < -0.4 is 14.8 Å². The van der Waals surface area contributed by atoms with Crippen LogP contribution in [0.4, 0.5) is 0 Å². The number of amides is 1. The summed E-state index contributed by atoms with van der Waals surface area (Å²) in [6.07, 6.45) is 6.01. The highest BCUT2D eigenvalue weighted by Crippen LogP contribution is 2.28. The molecule has 102 valence electrons. The van der Waals surface area contributed by atoms with Crippen molar-refractivity contribution < 1.29 is 14.3 Å². The first-order chi connectivity index (χ1) is 9.22. The van der Waals surface area contributed by atoms with Gasteiger partial charge in [0.2, 0.25) is 0 Å². The fourth-order valence-electron chi connectivity index (χ4n) is 1.48. The zero-order valence-corrected chi connectivity index (χ0v) is 11.4. The molecular weight excluding hydrogens is 242 g/mol. The van der Waals surface area contributed by atoms with E-state index in [0.29, 0.717) is 30.3 Å². The second-order valence-electron chi connectivity index (χ2n) is 3.83. The molecule has 0 heterocycles. The highest BCUT2D eigenvalue weighted by atomic mass is 16.5. The Morgan fingerprint density at radius 2 is 2.11 bits per heavy atom. The van der Waals surface area contributed by atoms with Gasteiger partial charge in [-0.2, -0.15) is 0 Å². The van der Waals surface area contributed by atoms with Crippen LogP contribution in [0.15, 0.2) is 18.2 Å². The average molecular weight is 261 g/mol. The predicted molar refractivity (Wildman–Crippen MR) is 74.6 cm³/mol. The van der Waals surface area contributed by atoms with E-state index in [1.54, 1.807) is 18.2 Å². The Hall–Kier alpha value is -2.15. The fourth-order valence-corrected chi connectivity index (χ4v) is 1.48. The molecule has 0 fully saturated rings. The largest absolute Gasteiger partial charge is 0.490 e. The molecule has 4 nitrogen and oxygen atoms in total. The van der Waals surface area contributed by atoms with Gasteiger partial charge in [-0.25, -0.2) is 0 Å². The van der Waals surface area contributed by atoms with E-state index in [-0.39, 0.29) is 12.5 Å². The van der Waals surface area contributed by atoms with E-state index in [1.165, 1.54) is 0 Å². The number of terminal acetylenes is 1. The van der Waals surface area contributed by atoms with Crippen LogP contribution in [0.25, 0.3) is 0 Å². The molecule has 0 bridgehead atoms. The SMILES string of the molecule is C#CCNC(=O)c1ccc(OCCC)c(OCC)c1. The van der Waals surface area contributed by atoms with E-state index in [2.05, 4.69) is 11.2 Å². The average Bonchev–Trinajstić information content (AvgIpc) is 2.43. The molecule has 1 N–H and O–H groups in total. The van der Waals surface area contributed by atoms with Crippen LogP contribution in [0.1, 0.15) is 30.6 Å². The molecule has 4 heteroatoms. The van der Waals surface area contributed by atoms with Gasteiger partial charge in [-0.1, -0.05) is 12.8 Å². The highest BCUT2D eigenvalue weighted by Gasteiger charge is 2.10. The van der Waals surface area contributed by atoms with Gasteiger partial charge in [0, 0.05) is 5.56 Å². The second-order valence-corrected chi connectivity index (χ2v) is 3.83. The number of carbonyl (C=O) groups excluding carboxylic acids is 1. The van der Waals surface area contributed by atoms with E-state index in [9.17, 15) is 4.79 Å². The Labute approximate surface area is 114 Å². The number of ether oxygens (including phenoxy) is 2. The van der Waals surface area contributed by atoms with E-state index in [1.807, 2.05) is 13.8 Å². The van der Waals surface area contributed by atoms with Crippen LogP contribution in [0.3, 0.4) is 0 Å². The number of rotatable bonds is 7. The van der Waals surface area contributed by atoms with Gasteiger partial charge in [0.25, 0.3) is 5.91 Å². The molecule has 1 rings (SSSR count). The van der Waals surface area contributed by atoms with Crippen LogP contribution in [0.5, 0.6) is 11.5 Å². The zero-order chi connectivity index (χ0) is 14.1. The van der Waals surface area contributed by atoms with Crippen LogP contribution >= 0.6 is 0 Å². The number of hydrogen-bond donors (Lipinski definition) is 1. The summed E-state index contributed by atoms with van der Waals surface area (Å²) in [5.41, 5.74) is 0.502. The number of carbonyl (C=O) groups is 1. The quantitative estimate of drug-likeness (QED) is 0.766. The molecule has 0 aromatic heterocycles. The summed E-state index contributed by atoms with van der Waals surface area (Å²) in [6, 6.07) is 5.10. The molecule has 19 heavy (non-hydrogen) atoms. The third-order valence-corrected chi connectivity index (χ3v) is 2.32. The van der Waals surface area contributed by atoms with Crippen molar-refractivity contribution in [1.82, 2.24) is 5.32 Å². The van der Waals surface area contributed by atoms with Crippen molar-refractivity contribution in [3.05, 3.63) is 23.8 Å². The molecule has 1 aromatic carbocycles. The third kappa shape index (κ3) is 4.55. The summed E-state index contributed by atoms with van der Waals surface area (Å²) < 4.78 is 11.0. The topological polar surface area (TPSA) is 47.6 Å². The molecule has 1 aromatic rings. The summed E-state index contributed by atoms with van der Waals surface area (Å²) in [5, 5.41) is 2.61. The molecule has 0 unspecified atom stereocenters. The molecular formula is C15H19NO3. The summed E-state index contributed by atoms with van der Waals surface area (Å²) >= 11 is 0. The lowest BCUT2D eigenvalue weighted by Crippen LogP contribution is -2.23. The Morgan fingerprint density at radius 1 is 1.32 bits per heavy atom. The molecule has 0 aliphatic heterocycles. The maximum atomic E-state index is 11.8. The van der Waals surface area contributed by atoms with Crippen LogP contribution in [-0.4, -0.2) is 25.7 Å². The molecule has 0 atom stereocenters. The molecule has 1 amide bonds. The van der Waals surface area contributed by atoms with Crippen molar-refractivity contribution in [2.24, 2.45) is 0 Å². The van der Waals surface area contributed by atoms with Crippen LogP contribution in [0.2, 0.25) is 0 Å². The molecule has 0 radical (unpaired) electrons. The van der Waals surface area contributed by atoms with Gasteiger partial charge in [-0.3, -0.25) is 4.79 Å². The van der Waals surface area contributed by atoms with E-state index in [0.717, 1.165) is 6.42 Å². The van der Waals surface area contributed by atoms with Gasteiger partial charge >= 0.3 is 0 Å². The van der Waals surface area contributed by atoms with Crippen molar-refractivity contribution in [2.45, 2.75) is 20.3 Å². The van der Waals surface area contributed by atoms with Gasteiger partial charge < -0.3 is 14.8 Å². The lowest BCUT2D eigenvalue weighted by molar-refractivity contribution is 0.0958. The Balaban J connectivity index is 2.88. The summed E-state index contributed by atoms with van der Waals surface area (Å²) in [7, 11) is 0. The van der Waals surface area contributed by atoms with Crippen LogP contribution in [-0.2, 0) is 0 Å². The molecule has 0 saturated heterocycles. The van der Waals surface area contributed by atoms with Crippen molar-refractivity contribution in [3.63, 3.8) is 0 Å². The Bertz CT molecular complexity index is 463. The maximum absolute atomic E-state index is 11.8. The van der Waals surface area contributed by atoms with Crippen LogP contribution in [0, 0.1) is 12.3 Å². The monoisotopic (exact) mass is 261 g/mol. The van der Waals surface area contributed by atoms with Gasteiger partial charge in [-0.15, -0.1) is 6.42 Å². The number of benzene rings is 1. The zero-order valence-electron chi connectivity index (χ0n) is 11.4.